The molecule has 0 N–H and O–H groups in total. The molecular formula is C25H36N4O. The molecule has 2 heterocycles. The minimum Gasteiger partial charge on any atom is -0.494 e. The van der Waals surface area contributed by atoms with Crippen LogP contribution in [0.15, 0.2) is 48.5 Å². The van der Waals surface area contributed by atoms with Crippen LogP contribution >= 0.6 is 0 Å². The molecule has 2 fully saturated rings. The molecular weight excluding hydrogens is 372 g/mol. The number of anilines is 2. The maximum absolute atomic E-state index is 5.87. The third kappa shape index (κ3) is 5.67. The van der Waals surface area contributed by atoms with Crippen molar-refractivity contribution in [2.24, 2.45) is 0 Å². The number of nitrogens with zero attached hydrogens (tertiary/aromatic N) is 4. The molecule has 5 heteroatoms. The highest BCUT2D eigenvalue weighted by molar-refractivity contribution is 5.56. The van der Waals surface area contributed by atoms with Crippen LogP contribution in [0.5, 0.6) is 5.75 Å². The number of rotatable bonds is 7. The lowest BCUT2D eigenvalue weighted by atomic mass is 10.2. The molecule has 0 aliphatic carbocycles. The quantitative estimate of drug-likeness (QED) is 0.654. The number of hydrogen-bond donors (Lipinski definition) is 0. The Morgan fingerprint density at radius 2 is 1.23 bits per heavy atom. The zero-order valence-electron chi connectivity index (χ0n) is 18.6. The lowest BCUT2D eigenvalue weighted by molar-refractivity contribution is 0.224. The molecule has 2 aliphatic heterocycles. The van der Waals surface area contributed by atoms with E-state index in [-0.39, 0.29) is 0 Å². The number of piperazine rings is 2. The molecule has 0 unspecified atom stereocenters. The smallest absolute Gasteiger partial charge is 0.119 e. The molecule has 2 aromatic carbocycles. The molecule has 2 aromatic rings. The van der Waals surface area contributed by atoms with E-state index in [1.807, 2.05) is 0 Å². The average molecular weight is 409 g/mol. The van der Waals surface area contributed by atoms with E-state index in [1.54, 1.807) is 0 Å². The van der Waals surface area contributed by atoms with E-state index >= 15 is 0 Å². The SMILES string of the molecule is Cc1ccc(OCCCN2CCN(c3ccc(N4CCN(C)CC4)cc3)CC2)cc1. The van der Waals surface area contributed by atoms with E-state index in [2.05, 4.69) is 82.1 Å². The van der Waals surface area contributed by atoms with E-state index < -0.39 is 0 Å². The van der Waals surface area contributed by atoms with Gasteiger partial charge in [-0.15, -0.1) is 0 Å². The van der Waals surface area contributed by atoms with Crippen LogP contribution in [0.25, 0.3) is 0 Å². The number of hydrogen-bond acceptors (Lipinski definition) is 5. The van der Waals surface area contributed by atoms with Gasteiger partial charge in [0.05, 0.1) is 6.61 Å². The van der Waals surface area contributed by atoms with Crippen molar-refractivity contribution in [3.05, 3.63) is 54.1 Å². The number of benzene rings is 2. The van der Waals surface area contributed by atoms with Crippen molar-refractivity contribution in [2.45, 2.75) is 13.3 Å². The Morgan fingerprint density at radius 3 is 1.80 bits per heavy atom. The first-order valence-corrected chi connectivity index (χ1v) is 11.4. The molecule has 0 atom stereocenters. The van der Waals surface area contributed by atoms with Gasteiger partial charge in [0.15, 0.2) is 0 Å². The van der Waals surface area contributed by atoms with E-state index in [4.69, 9.17) is 4.74 Å². The van der Waals surface area contributed by atoms with Crippen molar-refractivity contribution in [1.82, 2.24) is 9.80 Å². The fraction of sp³-hybridized carbons (Fsp3) is 0.520. The van der Waals surface area contributed by atoms with Crippen LogP contribution < -0.4 is 14.5 Å². The normalized spacial score (nSPS) is 18.6. The van der Waals surface area contributed by atoms with Crippen molar-refractivity contribution >= 4 is 11.4 Å². The largest absolute Gasteiger partial charge is 0.494 e. The molecule has 0 bridgehead atoms. The molecule has 162 valence electrons. The molecule has 4 rings (SSSR count). The first-order chi connectivity index (χ1) is 14.7. The van der Waals surface area contributed by atoms with E-state index in [0.717, 1.165) is 77.7 Å². The molecule has 2 saturated heterocycles. The Balaban J connectivity index is 1.16. The number of ether oxygens (including phenoxy) is 1. The van der Waals surface area contributed by atoms with Gasteiger partial charge in [-0.1, -0.05) is 17.7 Å². The molecule has 0 aromatic heterocycles. The first-order valence-electron chi connectivity index (χ1n) is 11.4. The summed E-state index contributed by atoms with van der Waals surface area (Å²) in [5, 5.41) is 0. The molecule has 0 amide bonds. The van der Waals surface area contributed by atoms with Crippen molar-refractivity contribution in [2.75, 3.05) is 82.4 Å². The van der Waals surface area contributed by atoms with Gasteiger partial charge in [-0.2, -0.15) is 0 Å². The van der Waals surface area contributed by atoms with Gasteiger partial charge in [0.1, 0.15) is 5.75 Å². The van der Waals surface area contributed by atoms with Crippen LogP contribution in [-0.4, -0.2) is 82.4 Å². The summed E-state index contributed by atoms with van der Waals surface area (Å²) in [7, 11) is 2.21. The number of likely N-dealkylation sites (N-methyl/N-ethyl adjacent to an activating group) is 1. The minimum absolute atomic E-state index is 0.789. The maximum atomic E-state index is 5.87. The van der Waals surface area contributed by atoms with Crippen LogP contribution in [0, 0.1) is 6.92 Å². The third-order valence-electron chi connectivity index (χ3n) is 6.36. The highest BCUT2D eigenvalue weighted by Crippen LogP contribution is 2.23. The summed E-state index contributed by atoms with van der Waals surface area (Å²) in [6.07, 6.45) is 1.08. The van der Waals surface area contributed by atoms with Crippen LogP contribution in [-0.2, 0) is 0 Å². The molecule has 30 heavy (non-hydrogen) atoms. The van der Waals surface area contributed by atoms with Crippen molar-refractivity contribution < 1.29 is 4.74 Å². The van der Waals surface area contributed by atoms with Crippen molar-refractivity contribution in [3.63, 3.8) is 0 Å². The van der Waals surface area contributed by atoms with E-state index in [1.165, 1.54) is 16.9 Å². The monoisotopic (exact) mass is 408 g/mol. The molecule has 0 saturated carbocycles. The highest BCUT2D eigenvalue weighted by atomic mass is 16.5. The predicted molar refractivity (Wildman–Crippen MR) is 126 cm³/mol. The van der Waals surface area contributed by atoms with Crippen LogP contribution in [0.1, 0.15) is 12.0 Å². The summed E-state index contributed by atoms with van der Waals surface area (Å²) in [4.78, 5) is 9.99. The molecule has 5 nitrogen and oxygen atoms in total. The fourth-order valence-electron chi connectivity index (χ4n) is 4.28. The Morgan fingerprint density at radius 1 is 0.700 bits per heavy atom. The summed E-state index contributed by atoms with van der Waals surface area (Å²) in [6.45, 7) is 13.0. The van der Waals surface area contributed by atoms with Gasteiger partial charge in [-0.05, 0) is 56.8 Å². The third-order valence-corrected chi connectivity index (χ3v) is 6.36. The van der Waals surface area contributed by atoms with Crippen LogP contribution in [0.3, 0.4) is 0 Å². The minimum atomic E-state index is 0.789. The lowest BCUT2D eigenvalue weighted by Gasteiger charge is -2.37. The van der Waals surface area contributed by atoms with Gasteiger partial charge in [-0.3, -0.25) is 4.90 Å². The van der Waals surface area contributed by atoms with E-state index in [0.29, 0.717) is 0 Å². The van der Waals surface area contributed by atoms with Gasteiger partial charge in [0.25, 0.3) is 0 Å². The lowest BCUT2D eigenvalue weighted by Crippen LogP contribution is -2.47. The maximum Gasteiger partial charge on any atom is 0.119 e. The summed E-state index contributed by atoms with van der Waals surface area (Å²) < 4.78 is 5.87. The van der Waals surface area contributed by atoms with Crippen molar-refractivity contribution in [1.29, 1.82) is 0 Å². The van der Waals surface area contributed by atoms with Gasteiger partial charge in [0, 0.05) is 70.3 Å². The summed E-state index contributed by atoms with van der Waals surface area (Å²) >= 11 is 0. The highest BCUT2D eigenvalue weighted by Gasteiger charge is 2.18. The van der Waals surface area contributed by atoms with Crippen LogP contribution in [0.4, 0.5) is 11.4 Å². The zero-order chi connectivity index (χ0) is 20.8. The second-order valence-corrected chi connectivity index (χ2v) is 8.65. The average Bonchev–Trinajstić information content (AvgIpc) is 2.79. The molecule has 0 radical (unpaired) electrons. The fourth-order valence-corrected chi connectivity index (χ4v) is 4.28. The van der Waals surface area contributed by atoms with Gasteiger partial charge in [-0.25, -0.2) is 0 Å². The van der Waals surface area contributed by atoms with Gasteiger partial charge >= 0.3 is 0 Å². The Bertz CT molecular complexity index is 761. The van der Waals surface area contributed by atoms with Gasteiger partial charge < -0.3 is 19.4 Å². The Labute approximate surface area is 181 Å². The topological polar surface area (TPSA) is 22.2 Å². The Kier molecular flexibility index (Phi) is 7.13. The summed E-state index contributed by atoms with van der Waals surface area (Å²) in [5.41, 5.74) is 3.99. The van der Waals surface area contributed by atoms with Gasteiger partial charge in [0.2, 0.25) is 0 Å². The van der Waals surface area contributed by atoms with Crippen molar-refractivity contribution in [3.8, 4) is 5.75 Å². The number of aryl methyl sites for hydroxylation is 1. The van der Waals surface area contributed by atoms with E-state index in [9.17, 15) is 0 Å². The molecule has 0 spiro atoms. The van der Waals surface area contributed by atoms with Crippen LogP contribution in [0.2, 0.25) is 0 Å². The second kappa shape index (κ2) is 10.2. The second-order valence-electron chi connectivity index (χ2n) is 8.65. The Hall–Kier alpha value is -2.24. The predicted octanol–water partition coefficient (Wildman–Crippen LogP) is 3.34. The standard InChI is InChI=1S/C25H36N4O/c1-22-4-10-25(11-5-22)30-21-3-12-27-15-19-29(20-16-27)24-8-6-23(7-9-24)28-17-13-26(2)14-18-28/h4-11H,3,12-21H2,1-2H3. The first kappa shape index (κ1) is 21.0. The molecule has 2 aliphatic rings. The summed E-state index contributed by atoms with van der Waals surface area (Å²) in [5.74, 6) is 0.977. The summed E-state index contributed by atoms with van der Waals surface area (Å²) in [6, 6.07) is 17.5. The zero-order valence-corrected chi connectivity index (χ0v) is 18.6.